The average Bonchev–Trinajstić information content (AvgIpc) is 3.66. The number of methoxy groups -OCH3 is 4. The van der Waals surface area contributed by atoms with Crippen molar-refractivity contribution in [3.8, 4) is 34.8 Å². The highest BCUT2D eigenvalue weighted by Crippen LogP contribution is 2.39. The molecule has 0 unspecified atom stereocenters. The molecule has 0 radical (unpaired) electrons. The molecule has 218 valence electrons. The Kier molecular flexibility index (Phi) is 9.13. The van der Waals surface area contributed by atoms with Crippen molar-refractivity contribution in [1.82, 2.24) is 10.2 Å². The van der Waals surface area contributed by atoms with Crippen LogP contribution < -0.4 is 18.9 Å². The van der Waals surface area contributed by atoms with Crippen LogP contribution in [0.4, 0.5) is 10.7 Å². The molecule has 0 atom stereocenters. The second kappa shape index (κ2) is 13.1. The number of carbonyl (C=O) groups excluding carboxylic acids is 2. The lowest BCUT2D eigenvalue weighted by atomic mass is 10.0. The van der Waals surface area contributed by atoms with Crippen molar-refractivity contribution in [1.29, 1.82) is 0 Å². The molecule has 4 rings (SSSR count). The van der Waals surface area contributed by atoms with Gasteiger partial charge in [-0.25, -0.2) is 4.79 Å². The molecule has 0 bridgehead atoms. The predicted molar refractivity (Wildman–Crippen MR) is 145 cm³/mol. The summed E-state index contributed by atoms with van der Waals surface area (Å²) in [5.74, 6) is 6.56. The summed E-state index contributed by atoms with van der Waals surface area (Å²) in [6.07, 6.45) is -0.847. The van der Waals surface area contributed by atoms with Gasteiger partial charge < -0.3 is 32.8 Å². The molecule has 14 nitrogen and oxygen atoms in total. The summed E-state index contributed by atoms with van der Waals surface area (Å²) in [5.41, 5.74) is 1.34. The lowest BCUT2D eigenvalue weighted by Crippen LogP contribution is -2.07. The van der Waals surface area contributed by atoms with E-state index in [-0.39, 0.29) is 42.4 Å². The smallest absolute Gasteiger partial charge is 0.495 e. The van der Waals surface area contributed by atoms with Crippen molar-refractivity contribution < 1.29 is 47.4 Å². The Morgan fingerprint density at radius 3 is 2.31 bits per heavy atom. The van der Waals surface area contributed by atoms with Crippen LogP contribution >= 0.6 is 0 Å². The van der Waals surface area contributed by atoms with Gasteiger partial charge in [-0.05, 0) is 30.3 Å². The van der Waals surface area contributed by atoms with E-state index in [0.717, 1.165) is 6.07 Å². The first-order valence-corrected chi connectivity index (χ1v) is 12.2. The first-order valence-electron chi connectivity index (χ1n) is 12.2. The highest BCUT2D eigenvalue weighted by Gasteiger charge is 2.22. The van der Waals surface area contributed by atoms with Gasteiger partial charge in [0.1, 0.15) is 34.3 Å². The molecule has 14 heteroatoms. The Morgan fingerprint density at radius 2 is 1.69 bits per heavy atom. The first-order chi connectivity index (χ1) is 20.3. The van der Waals surface area contributed by atoms with Gasteiger partial charge in [-0.1, -0.05) is 11.8 Å². The summed E-state index contributed by atoms with van der Waals surface area (Å²) >= 11 is 0. The van der Waals surface area contributed by atoms with Crippen molar-refractivity contribution in [3.63, 3.8) is 0 Å². The number of fused-ring (bicyclic) bond motifs is 1. The molecule has 0 saturated heterocycles. The van der Waals surface area contributed by atoms with Gasteiger partial charge in [-0.2, -0.15) is 5.10 Å². The molecule has 0 fully saturated rings. The number of ketones is 1. The minimum atomic E-state index is -0.988. The number of aromatic nitrogens is 2. The van der Waals surface area contributed by atoms with Crippen LogP contribution in [0.15, 0.2) is 40.8 Å². The number of aromatic amines is 1. The Labute approximate surface area is 238 Å². The average molecular weight is 580 g/mol. The molecule has 2 heterocycles. The predicted octanol–water partition coefficient (Wildman–Crippen LogP) is 4.42. The van der Waals surface area contributed by atoms with E-state index in [2.05, 4.69) is 22.0 Å². The third kappa shape index (κ3) is 6.20. The maximum Gasteiger partial charge on any atom is 0.508 e. The Bertz CT molecular complexity index is 1670. The third-order valence-corrected chi connectivity index (χ3v) is 5.88. The molecule has 0 saturated carbocycles. The zero-order valence-corrected chi connectivity index (χ0v) is 23.0. The molecular formula is C28H25N3O11. The number of ether oxygens (including phenoxy) is 6. The molecule has 42 heavy (non-hydrogen) atoms. The van der Waals surface area contributed by atoms with Crippen LogP contribution in [0, 0.1) is 22.0 Å². The van der Waals surface area contributed by atoms with Crippen LogP contribution in [0.5, 0.6) is 23.0 Å². The number of furan rings is 1. The highest BCUT2D eigenvalue weighted by molar-refractivity contribution is 6.16. The minimum Gasteiger partial charge on any atom is -0.495 e. The SMILES string of the molecule is COc1cc(C(=O)c2[nH]nc3c(C#CCCOC(=O)OCc4ccc([N+](=O)[O-])o4)c(OC)ccc23)cc(OC)c1OC. The summed E-state index contributed by atoms with van der Waals surface area (Å²) in [4.78, 5) is 35.2. The van der Waals surface area contributed by atoms with Gasteiger partial charge in [-0.3, -0.25) is 20.0 Å². The fourth-order valence-electron chi connectivity index (χ4n) is 3.93. The molecule has 2 aromatic carbocycles. The number of nitrogens with one attached hydrogen (secondary N) is 1. The first kappa shape index (κ1) is 29.3. The van der Waals surface area contributed by atoms with Crippen molar-refractivity contribution >= 4 is 28.7 Å². The van der Waals surface area contributed by atoms with Crippen LogP contribution in [0.3, 0.4) is 0 Å². The largest absolute Gasteiger partial charge is 0.508 e. The summed E-state index contributed by atoms with van der Waals surface area (Å²) < 4.78 is 36.2. The fraction of sp³-hybridized carbons (Fsp3) is 0.250. The van der Waals surface area contributed by atoms with Gasteiger partial charge in [0.25, 0.3) is 0 Å². The van der Waals surface area contributed by atoms with Crippen molar-refractivity contribution in [2.24, 2.45) is 0 Å². The molecule has 0 aliphatic rings. The number of H-pyrrole nitrogens is 1. The van der Waals surface area contributed by atoms with Gasteiger partial charge in [0.15, 0.2) is 18.1 Å². The molecule has 4 aromatic rings. The molecule has 2 aromatic heterocycles. The van der Waals surface area contributed by atoms with Crippen LogP contribution in [0.2, 0.25) is 0 Å². The van der Waals surface area contributed by atoms with Gasteiger partial charge in [0.2, 0.25) is 11.5 Å². The number of hydrogen-bond donors (Lipinski definition) is 1. The van der Waals surface area contributed by atoms with Crippen LogP contribution in [0.25, 0.3) is 10.9 Å². The van der Waals surface area contributed by atoms with Gasteiger partial charge in [0.05, 0.1) is 40.1 Å². The number of hydrogen-bond acceptors (Lipinski definition) is 12. The van der Waals surface area contributed by atoms with Crippen LogP contribution in [-0.2, 0) is 16.1 Å². The second-order valence-corrected chi connectivity index (χ2v) is 8.32. The van der Waals surface area contributed by atoms with E-state index < -0.39 is 17.0 Å². The van der Waals surface area contributed by atoms with E-state index in [4.69, 9.17) is 32.8 Å². The quantitative estimate of drug-likeness (QED) is 0.0662. The van der Waals surface area contributed by atoms with Gasteiger partial charge in [0, 0.05) is 17.4 Å². The van der Waals surface area contributed by atoms with E-state index >= 15 is 0 Å². The zero-order valence-electron chi connectivity index (χ0n) is 23.0. The molecule has 0 amide bonds. The number of benzene rings is 2. The number of carbonyl (C=O) groups is 2. The maximum atomic E-state index is 13.5. The molecule has 1 N–H and O–H groups in total. The Morgan fingerprint density at radius 1 is 0.976 bits per heavy atom. The maximum absolute atomic E-state index is 13.5. The molecular weight excluding hydrogens is 554 g/mol. The van der Waals surface area contributed by atoms with Crippen LogP contribution in [-0.4, -0.2) is 62.1 Å². The normalized spacial score (nSPS) is 10.4. The minimum absolute atomic E-state index is 0.0894. The Balaban J connectivity index is 1.46. The summed E-state index contributed by atoms with van der Waals surface area (Å²) in [7, 11) is 5.86. The molecule has 0 aliphatic heterocycles. The fourth-order valence-corrected chi connectivity index (χ4v) is 3.93. The van der Waals surface area contributed by atoms with E-state index in [0.29, 0.717) is 39.5 Å². The lowest BCUT2D eigenvalue weighted by Gasteiger charge is -2.13. The number of nitrogens with zero attached hydrogens (tertiary/aromatic N) is 2. The highest BCUT2D eigenvalue weighted by atomic mass is 16.7. The van der Waals surface area contributed by atoms with E-state index in [1.54, 1.807) is 24.3 Å². The zero-order chi connectivity index (χ0) is 30.2. The van der Waals surface area contributed by atoms with Gasteiger partial charge in [-0.15, -0.1) is 0 Å². The third-order valence-electron chi connectivity index (χ3n) is 5.88. The Hall–Kier alpha value is -5.71. The lowest BCUT2D eigenvalue weighted by molar-refractivity contribution is -0.402. The van der Waals surface area contributed by atoms with E-state index in [9.17, 15) is 19.7 Å². The number of nitro groups is 1. The summed E-state index contributed by atoms with van der Waals surface area (Å²) in [5, 5.41) is 18.3. The van der Waals surface area contributed by atoms with Crippen LogP contribution in [0.1, 0.15) is 33.8 Å². The second-order valence-electron chi connectivity index (χ2n) is 8.32. The number of rotatable bonds is 11. The molecule has 0 spiro atoms. The van der Waals surface area contributed by atoms with Crippen molar-refractivity contribution in [3.05, 3.63) is 69.1 Å². The van der Waals surface area contributed by atoms with E-state index in [1.165, 1.54) is 34.5 Å². The standard InChI is InChI=1S/C28H25N3O11/c1-36-20-10-9-19-24(29-30-25(19)26(32)16-13-21(37-2)27(39-4)22(14-16)38-3)18(20)7-5-6-12-40-28(33)41-15-17-8-11-23(42-17)31(34)35/h8-11,13-14H,6,12,15H2,1-4H3,(H,29,30). The molecule has 0 aliphatic carbocycles. The van der Waals surface area contributed by atoms with Crippen molar-refractivity contribution in [2.45, 2.75) is 13.0 Å². The topological polar surface area (TPSA) is 174 Å². The summed E-state index contributed by atoms with van der Waals surface area (Å²) in [6, 6.07) is 8.93. The van der Waals surface area contributed by atoms with Gasteiger partial charge >= 0.3 is 12.0 Å². The monoisotopic (exact) mass is 579 g/mol. The summed E-state index contributed by atoms with van der Waals surface area (Å²) in [6.45, 7) is -0.415. The van der Waals surface area contributed by atoms with E-state index in [1.807, 2.05) is 0 Å². The van der Waals surface area contributed by atoms with Crippen molar-refractivity contribution in [2.75, 3.05) is 35.0 Å².